The van der Waals surface area contributed by atoms with Crippen LogP contribution in [-0.4, -0.2) is 20.0 Å². The molecule has 0 N–H and O–H groups in total. The Bertz CT molecular complexity index is 400. The molecule has 0 fully saturated rings. The molecule has 0 atom stereocenters. The molecule has 0 aliphatic carbocycles. The van der Waals surface area contributed by atoms with E-state index in [1.807, 2.05) is 0 Å². The van der Waals surface area contributed by atoms with Crippen LogP contribution in [0, 0.1) is 5.92 Å². The summed E-state index contributed by atoms with van der Waals surface area (Å²) in [6.07, 6.45) is 2.96. The van der Waals surface area contributed by atoms with Gasteiger partial charge in [-0.3, -0.25) is 4.79 Å². The number of hydrogen-bond donors (Lipinski definition) is 0. The van der Waals surface area contributed by atoms with E-state index in [1.165, 1.54) is 0 Å². The van der Waals surface area contributed by atoms with Crippen molar-refractivity contribution in [3.63, 3.8) is 0 Å². The van der Waals surface area contributed by atoms with Crippen molar-refractivity contribution in [2.45, 2.75) is 26.7 Å². The van der Waals surface area contributed by atoms with Crippen molar-refractivity contribution in [3.05, 3.63) is 22.2 Å². The molecule has 100 valence electrons. The Balaban J connectivity index is 2.90. The van der Waals surface area contributed by atoms with Crippen LogP contribution in [0.2, 0.25) is 0 Å². The largest absolute Gasteiger partial charge is 0.493 e. The molecule has 0 spiro atoms. The maximum absolute atomic E-state index is 10.8. The van der Waals surface area contributed by atoms with Crippen LogP contribution < -0.4 is 9.47 Å². The van der Waals surface area contributed by atoms with Crippen molar-refractivity contribution in [1.82, 2.24) is 0 Å². The topological polar surface area (TPSA) is 35.5 Å². The zero-order chi connectivity index (χ0) is 13.5. The lowest BCUT2D eigenvalue weighted by molar-refractivity contribution is 0.112. The predicted octanol–water partition coefficient (Wildman–Crippen LogP) is 4.09. The summed E-state index contributed by atoms with van der Waals surface area (Å²) in [7, 11) is 1.57. The van der Waals surface area contributed by atoms with Crippen LogP contribution in [0.5, 0.6) is 11.5 Å². The van der Waals surface area contributed by atoms with Crippen LogP contribution in [0.1, 0.15) is 37.0 Å². The van der Waals surface area contributed by atoms with E-state index in [-0.39, 0.29) is 0 Å². The van der Waals surface area contributed by atoms with Crippen LogP contribution in [-0.2, 0) is 0 Å². The Morgan fingerprint density at radius 3 is 2.50 bits per heavy atom. The number of hydrogen-bond acceptors (Lipinski definition) is 3. The number of aldehydes is 1. The third-order valence-corrected chi connectivity index (χ3v) is 3.59. The van der Waals surface area contributed by atoms with Gasteiger partial charge in [-0.1, -0.05) is 26.7 Å². The number of ether oxygens (including phenoxy) is 2. The molecule has 4 heteroatoms. The van der Waals surface area contributed by atoms with Crippen molar-refractivity contribution >= 4 is 22.2 Å². The third-order valence-electron chi connectivity index (χ3n) is 3.01. The molecule has 0 saturated carbocycles. The minimum Gasteiger partial charge on any atom is -0.493 e. The molecule has 18 heavy (non-hydrogen) atoms. The molecular weight excluding hydrogens is 296 g/mol. The molecule has 0 saturated heterocycles. The van der Waals surface area contributed by atoms with Gasteiger partial charge in [-0.15, -0.1) is 0 Å². The SMILES string of the molecule is CCC(CC)COc1c(Br)cc(C=O)cc1OC. The number of carbonyl (C=O) groups is 1. The highest BCUT2D eigenvalue weighted by atomic mass is 79.9. The first-order valence-electron chi connectivity index (χ1n) is 6.11. The molecule has 1 aromatic rings. The van der Waals surface area contributed by atoms with E-state index in [1.54, 1.807) is 19.2 Å². The van der Waals surface area contributed by atoms with E-state index in [9.17, 15) is 4.79 Å². The second-order valence-corrected chi connectivity index (χ2v) is 5.00. The average molecular weight is 315 g/mol. The van der Waals surface area contributed by atoms with Crippen LogP contribution in [0.25, 0.3) is 0 Å². The van der Waals surface area contributed by atoms with E-state index < -0.39 is 0 Å². The van der Waals surface area contributed by atoms with Crippen molar-refractivity contribution in [1.29, 1.82) is 0 Å². The quantitative estimate of drug-likeness (QED) is 0.711. The molecule has 1 aromatic carbocycles. The predicted molar refractivity (Wildman–Crippen MR) is 75.6 cm³/mol. The van der Waals surface area contributed by atoms with Gasteiger partial charge in [-0.2, -0.15) is 0 Å². The second-order valence-electron chi connectivity index (χ2n) is 4.15. The van der Waals surface area contributed by atoms with E-state index in [2.05, 4.69) is 29.8 Å². The van der Waals surface area contributed by atoms with Crippen LogP contribution in [0.15, 0.2) is 16.6 Å². The molecular formula is C14H19BrO3. The molecule has 3 nitrogen and oxygen atoms in total. The molecule has 0 amide bonds. The lowest BCUT2D eigenvalue weighted by Gasteiger charge is -2.17. The van der Waals surface area contributed by atoms with Crippen LogP contribution >= 0.6 is 15.9 Å². The van der Waals surface area contributed by atoms with Gasteiger partial charge in [-0.25, -0.2) is 0 Å². The normalized spacial score (nSPS) is 10.5. The zero-order valence-electron chi connectivity index (χ0n) is 11.0. The maximum Gasteiger partial charge on any atom is 0.175 e. The fourth-order valence-electron chi connectivity index (χ4n) is 1.67. The van der Waals surface area contributed by atoms with Gasteiger partial charge in [0, 0.05) is 5.56 Å². The van der Waals surface area contributed by atoms with Crippen LogP contribution in [0.3, 0.4) is 0 Å². The molecule has 0 unspecified atom stereocenters. The molecule has 0 bridgehead atoms. The Labute approximate surface area is 117 Å². The van der Waals surface area contributed by atoms with Crippen LogP contribution in [0.4, 0.5) is 0 Å². The second kappa shape index (κ2) is 7.41. The van der Waals surface area contributed by atoms with E-state index >= 15 is 0 Å². The molecule has 0 aliphatic heterocycles. The van der Waals surface area contributed by atoms with Gasteiger partial charge in [-0.05, 0) is 34.0 Å². The minimum atomic E-state index is 0.535. The molecule has 0 aliphatic rings. The maximum atomic E-state index is 10.8. The van der Waals surface area contributed by atoms with Gasteiger partial charge in [0.05, 0.1) is 18.2 Å². The first-order valence-corrected chi connectivity index (χ1v) is 6.91. The monoisotopic (exact) mass is 314 g/mol. The van der Waals surface area contributed by atoms with Gasteiger partial charge in [0.2, 0.25) is 0 Å². The highest BCUT2D eigenvalue weighted by Crippen LogP contribution is 2.36. The summed E-state index contributed by atoms with van der Waals surface area (Å²) in [5.74, 6) is 1.78. The number of benzene rings is 1. The van der Waals surface area contributed by atoms with Gasteiger partial charge >= 0.3 is 0 Å². The van der Waals surface area contributed by atoms with Crippen molar-refractivity contribution in [2.75, 3.05) is 13.7 Å². The highest BCUT2D eigenvalue weighted by molar-refractivity contribution is 9.10. The molecule has 1 rings (SSSR count). The van der Waals surface area contributed by atoms with E-state index in [4.69, 9.17) is 9.47 Å². The zero-order valence-corrected chi connectivity index (χ0v) is 12.6. The summed E-state index contributed by atoms with van der Waals surface area (Å²) < 4.78 is 11.8. The number of methoxy groups -OCH3 is 1. The summed E-state index contributed by atoms with van der Waals surface area (Å²) in [4.78, 5) is 10.8. The van der Waals surface area contributed by atoms with Gasteiger partial charge in [0.15, 0.2) is 11.5 Å². The summed E-state index contributed by atoms with van der Waals surface area (Å²) in [6, 6.07) is 3.41. The van der Waals surface area contributed by atoms with Gasteiger partial charge in [0.25, 0.3) is 0 Å². The number of carbonyl (C=O) groups excluding carboxylic acids is 1. The molecule has 0 heterocycles. The highest BCUT2D eigenvalue weighted by Gasteiger charge is 2.13. The fourth-order valence-corrected chi connectivity index (χ4v) is 2.25. The summed E-state index contributed by atoms with van der Waals surface area (Å²) in [6.45, 7) is 4.96. The Kier molecular flexibility index (Phi) is 6.19. The summed E-state index contributed by atoms with van der Waals surface area (Å²) in [5, 5.41) is 0. The van der Waals surface area contributed by atoms with E-state index in [0.717, 1.165) is 23.6 Å². The molecule has 0 aromatic heterocycles. The van der Waals surface area contributed by atoms with Crippen molar-refractivity contribution in [3.8, 4) is 11.5 Å². The molecule has 0 radical (unpaired) electrons. The van der Waals surface area contributed by atoms with Gasteiger partial charge < -0.3 is 9.47 Å². The first-order chi connectivity index (χ1) is 8.65. The van der Waals surface area contributed by atoms with E-state index in [0.29, 0.717) is 29.6 Å². The minimum absolute atomic E-state index is 0.535. The van der Waals surface area contributed by atoms with Crippen molar-refractivity contribution < 1.29 is 14.3 Å². The fraction of sp³-hybridized carbons (Fsp3) is 0.500. The smallest absolute Gasteiger partial charge is 0.175 e. The average Bonchev–Trinajstić information content (AvgIpc) is 2.40. The van der Waals surface area contributed by atoms with Gasteiger partial charge in [0.1, 0.15) is 6.29 Å². The lowest BCUT2D eigenvalue weighted by Crippen LogP contribution is -2.11. The Morgan fingerprint density at radius 1 is 1.33 bits per heavy atom. The standard InChI is InChI=1S/C14H19BrO3/c1-4-10(5-2)9-18-14-12(15)6-11(8-16)7-13(14)17-3/h6-8,10H,4-5,9H2,1-3H3. The lowest BCUT2D eigenvalue weighted by atomic mass is 10.1. The number of halogens is 1. The summed E-state index contributed by atoms with van der Waals surface area (Å²) >= 11 is 3.41. The van der Waals surface area contributed by atoms with Crippen molar-refractivity contribution in [2.24, 2.45) is 5.92 Å². The Morgan fingerprint density at radius 2 is 2.00 bits per heavy atom. The summed E-state index contributed by atoms with van der Waals surface area (Å²) in [5.41, 5.74) is 0.564. The first kappa shape index (κ1) is 15.0. The third kappa shape index (κ3) is 3.73. The number of rotatable bonds is 7. The Hall–Kier alpha value is -1.03.